The topological polar surface area (TPSA) is 49.4 Å². The van der Waals surface area contributed by atoms with Crippen molar-refractivity contribution < 1.29 is 14.0 Å². The Hall–Kier alpha value is -1.91. The summed E-state index contributed by atoms with van der Waals surface area (Å²) in [6.07, 6.45) is 0.229. The standard InChI is InChI=1S/C16H21FN2O2/c1-10(2)8-19-9-12(6-15(19)20)16(21)18-14-7-13(17)5-4-11(14)3/h4-5,7,10,12H,6,8-9H2,1-3H3,(H,18,21)/t12-/m0/s1. The van der Waals surface area contributed by atoms with Gasteiger partial charge in [0.25, 0.3) is 0 Å². The number of benzene rings is 1. The van der Waals surface area contributed by atoms with Crippen LogP contribution in [-0.2, 0) is 9.59 Å². The fraction of sp³-hybridized carbons (Fsp3) is 0.500. The predicted octanol–water partition coefficient (Wildman–Crippen LogP) is 2.58. The van der Waals surface area contributed by atoms with Crippen molar-refractivity contribution in [1.82, 2.24) is 4.90 Å². The van der Waals surface area contributed by atoms with E-state index < -0.39 is 0 Å². The SMILES string of the molecule is Cc1ccc(F)cc1NC(=O)[C@H]1CC(=O)N(CC(C)C)C1. The Balaban J connectivity index is 2.01. The molecule has 0 radical (unpaired) electrons. The molecule has 0 unspecified atom stereocenters. The van der Waals surface area contributed by atoms with Gasteiger partial charge < -0.3 is 10.2 Å². The minimum Gasteiger partial charge on any atom is -0.342 e. The fourth-order valence-electron chi connectivity index (χ4n) is 2.53. The van der Waals surface area contributed by atoms with Crippen LogP contribution in [0.15, 0.2) is 18.2 Å². The first-order valence-corrected chi connectivity index (χ1v) is 7.21. The Morgan fingerprint density at radius 3 is 2.86 bits per heavy atom. The molecule has 1 aromatic rings. The van der Waals surface area contributed by atoms with Crippen LogP contribution in [0.3, 0.4) is 0 Å². The summed E-state index contributed by atoms with van der Waals surface area (Å²) in [7, 11) is 0. The molecule has 0 saturated carbocycles. The Morgan fingerprint density at radius 2 is 2.19 bits per heavy atom. The average molecular weight is 292 g/mol. The third-order valence-electron chi connectivity index (χ3n) is 3.63. The van der Waals surface area contributed by atoms with Crippen molar-refractivity contribution in [1.29, 1.82) is 0 Å². The van der Waals surface area contributed by atoms with Crippen molar-refractivity contribution in [3.63, 3.8) is 0 Å². The highest BCUT2D eigenvalue weighted by molar-refractivity contribution is 5.97. The zero-order valence-electron chi connectivity index (χ0n) is 12.6. The van der Waals surface area contributed by atoms with E-state index in [9.17, 15) is 14.0 Å². The van der Waals surface area contributed by atoms with Gasteiger partial charge in [0.15, 0.2) is 0 Å². The highest BCUT2D eigenvalue weighted by atomic mass is 19.1. The number of aryl methyl sites for hydroxylation is 1. The molecule has 0 aliphatic carbocycles. The Bertz CT molecular complexity index is 557. The van der Waals surface area contributed by atoms with Crippen LogP contribution in [0.2, 0.25) is 0 Å². The second-order valence-electron chi connectivity index (χ2n) is 6.04. The molecule has 114 valence electrons. The van der Waals surface area contributed by atoms with Crippen LogP contribution in [0, 0.1) is 24.6 Å². The van der Waals surface area contributed by atoms with Crippen molar-refractivity contribution in [3.05, 3.63) is 29.6 Å². The van der Waals surface area contributed by atoms with Gasteiger partial charge in [0.1, 0.15) is 5.82 Å². The number of halogens is 1. The second-order valence-corrected chi connectivity index (χ2v) is 6.04. The number of likely N-dealkylation sites (tertiary alicyclic amines) is 1. The highest BCUT2D eigenvalue weighted by Crippen LogP contribution is 2.22. The Kier molecular flexibility index (Phi) is 4.60. The molecule has 4 nitrogen and oxygen atoms in total. The van der Waals surface area contributed by atoms with Gasteiger partial charge in [-0.05, 0) is 30.5 Å². The molecular formula is C16H21FN2O2. The number of nitrogens with one attached hydrogen (secondary N) is 1. The number of carbonyl (C=O) groups excluding carboxylic acids is 2. The van der Waals surface area contributed by atoms with Gasteiger partial charge in [-0.2, -0.15) is 0 Å². The van der Waals surface area contributed by atoms with Crippen molar-refractivity contribution in [2.45, 2.75) is 27.2 Å². The Morgan fingerprint density at radius 1 is 1.48 bits per heavy atom. The smallest absolute Gasteiger partial charge is 0.229 e. The number of carbonyl (C=O) groups is 2. The molecular weight excluding hydrogens is 271 g/mol. The van der Waals surface area contributed by atoms with E-state index in [1.807, 2.05) is 13.8 Å². The maximum atomic E-state index is 13.2. The molecule has 0 bridgehead atoms. The highest BCUT2D eigenvalue weighted by Gasteiger charge is 2.34. The monoisotopic (exact) mass is 292 g/mol. The first kappa shape index (κ1) is 15.5. The van der Waals surface area contributed by atoms with Crippen LogP contribution in [0.1, 0.15) is 25.8 Å². The molecule has 1 fully saturated rings. The van der Waals surface area contributed by atoms with Crippen molar-refractivity contribution >= 4 is 17.5 Å². The first-order chi connectivity index (χ1) is 9.86. The maximum Gasteiger partial charge on any atom is 0.229 e. The summed E-state index contributed by atoms with van der Waals surface area (Å²) in [5, 5.41) is 2.73. The average Bonchev–Trinajstić information content (AvgIpc) is 2.75. The van der Waals surface area contributed by atoms with E-state index in [-0.39, 0.29) is 30.0 Å². The lowest BCUT2D eigenvalue weighted by Crippen LogP contribution is -2.31. The molecule has 2 rings (SSSR count). The molecule has 1 atom stereocenters. The van der Waals surface area contributed by atoms with Gasteiger partial charge in [0.2, 0.25) is 11.8 Å². The lowest BCUT2D eigenvalue weighted by atomic mass is 10.1. The minimum absolute atomic E-state index is 0.0137. The summed E-state index contributed by atoms with van der Waals surface area (Å²) in [6.45, 7) is 6.99. The van der Waals surface area contributed by atoms with Crippen LogP contribution < -0.4 is 5.32 Å². The zero-order chi connectivity index (χ0) is 15.6. The number of amides is 2. The van der Waals surface area contributed by atoms with Gasteiger partial charge in [-0.3, -0.25) is 9.59 Å². The molecule has 1 aliphatic heterocycles. The van der Waals surface area contributed by atoms with Crippen LogP contribution in [0.5, 0.6) is 0 Å². The summed E-state index contributed by atoms with van der Waals surface area (Å²) in [6, 6.07) is 4.28. The molecule has 5 heteroatoms. The molecule has 1 heterocycles. The van der Waals surface area contributed by atoms with E-state index in [1.165, 1.54) is 12.1 Å². The van der Waals surface area contributed by atoms with E-state index >= 15 is 0 Å². The summed E-state index contributed by atoms with van der Waals surface area (Å²) in [5.74, 6) is -0.580. The number of rotatable bonds is 4. The maximum absolute atomic E-state index is 13.2. The largest absolute Gasteiger partial charge is 0.342 e. The van der Waals surface area contributed by atoms with Crippen LogP contribution in [0.25, 0.3) is 0 Å². The third-order valence-corrected chi connectivity index (χ3v) is 3.63. The van der Waals surface area contributed by atoms with Crippen LogP contribution in [0.4, 0.5) is 10.1 Å². The van der Waals surface area contributed by atoms with Gasteiger partial charge >= 0.3 is 0 Å². The van der Waals surface area contributed by atoms with E-state index in [2.05, 4.69) is 5.32 Å². The number of hydrogen-bond donors (Lipinski definition) is 1. The van der Waals surface area contributed by atoms with Gasteiger partial charge in [-0.1, -0.05) is 19.9 Å². The molecule has 1 saturated heterocycles. The van der Waals surface area contributed by atoms with Crippen molar-refractivity contribution in [2.24, 2.45) is 11.8 Å². The number of anilines is 1. The van der Waals surface area contributed by atoms with Crippen LogP contribution >= 0.6 is 0 Å². The lowest BCUT2D eigenvalue weighted by Gasteiger charge is -2.18. The van der Waals surface area contributed by atoms with E-state index in [1.54, 1.807) is 17.9 Å². The van der Waals surface area contributed by atoms with Crippen molar-refractivity contribution in [3.8, 4) is 0 Å². The fourth-order valence-corrected chi connectivity index (χ4v) is 2.53. The molecule has 0 aromatic heterocycles. The van der Waals surface area contributed by atoms with E-state index in [0.717, 1.165) is 5.56 Å². The quantitative estimate of drug-likeness (QED) is 0.927. The lowest BCUT2D eigenvalue weighted by molar-refractivity contribution is -0.128. The third kappa shape index (κ3) is 3.80. The predicted molar refractivity (Wildman–Crippen MR) is 79.3 cm³/mol. The van der Waals surface area contributed by atoms with Gasteiger partial charge in [-0.15, -0.1) is 0 Å². The first-order valence-electron chi connectivity index (χ1n) is 7.21. The molecule has 2 amide bonds. The van der Waals surface area contributed by atoms with E-state index in [0.29, 0.717) is 24.7 Å². The molecule has 0 spiro atoms. The summed E-state index contributed by atoms with van der Waals surface area (Å²) >= 11 is 0. The second kappa shape index (κ2) is 6.24. The van der Waals surface area contributed by atoms with Gasteiger partial charge in [0, 0.05) is 25.2 Å². The normalized spacial score (nSPS) is 18.4. The Labute approximate surface area is 124 Å². The summed E-state index contributed by atoms with van der Waals surface area (Å²) in [5.41, 5.74) is 1.27. The minimum atomic E-state index is -0.389. The van der Waals surface area contributed by atoms with Crippen LogP contribution in [-0.4, -0.2) is 29.8 Å². The molecule has 1 aromatic carbocycles. The molecule has 21 heavy (non-hydrogen) atoms. The number of hydrogen-bond acceptors (Lipinski definition) is 2. The van der Waals surface area contributed by atoms with Crippen molar-refractivity contribution in [2.75, 3.05) is 18.4 Å². The summed E-state index contributed by atoms with van der Waals surface area (Å²) < 4.78 is 13.2. The summed E-state index contributed by atoms with van der Waals surface area (Å²) in [4.78, 5) is 25.9. The molecule has 1 aliphatic rings. The molecule has 1 N–H and O–H groups in total. The van der Waals surface area contributed by atoms with Gasteiger partial charge in [-0.25, -0.2) is 4.39 Å². The van der Waals surface area contributed by atoms with Gasteiger partial charge in [0.05, 0.1) is 5.92 Å². The van der Waals surface area contributed by atoms with E-state index in [4.69, 9.17) is 0 Å². The number of nitrogens with zero attached hydrogens (tertiary/aromatic N) is 1. The zero-order valence-corrected chi connectivity index (χ0v) is 12.6.